The summed E-state index contributed by atoms with van der Waals surface area (Å²) in [6, 6.07) is 12.2. The van der Waals surface area contributed by atoms with Crippen molar-refractivity contribution in [2.75, 3.05) is 19.7 Å². The smallest absolute Gasteiger partial charge is 0.243 e. The molecule has 0 bridgehead atoms. The molecule has 1 aliphatic heterocycles. The lowest BCUT2D eigenvalue weighted by Crippen LogP contribution is -2.43. The molecular weight excluding hydrogens is 504 g/mol. The molecule has 0 spiro atoms. The maximum Gasteiger partial charge on any atom is 0.243 e. The molecule has 6 nitrogen and oxygen atoms in total. The second-order valence-corrected chi connectivity index (χ2v) is 10.7. The molecule has 2 aromatic rings. The fourth-order valence-corrected chi connectivity index (χ4v) is 5.83. The van der Waals surface area contributed by atoms with Crippen molar-refractivity contribution in [1.82, 2.24) is 9.62 Å². The molecule has 1 amide bonds. The zero-order chi connectivity index (χ0) is 22.6. The third-order valence-electron chi connectivity index (χ3n) is 5.37. The maximum atomic E-state index is 13.0. The Hall–Kier alpha value is -1.61. The van der Waals surface area contributed by atoms with E-state index in [9.17, 15) is 13.2 Å². The van der Waals surface area contributed by atoms with Crippen molar-refractivity contribution in [3.63, 3.8) is 0 Å². The van der Waals surface area contributed by atoms with Gasteiger partial charge in [0.1, 0.15) is 5.75 Å². The van der Waals surface area contributed by atoms with Crippen LogP contribution in [0.25, 0.3) is 0 Å². The highest BCUT2D eigenvalue weighted by atomic mass is 79.9. The second-order valence-electron chi connectivity index (χ2n) is 7.49. The van der Waals surface area contributed by atoms with E-state index in [1.165, 1.54) is 16.4 Å². The first-order valence-corrected chi connectivity index (χ1v) is 12.8. The Morgan fingerprint density at radius 2 is 1.97 bits per heavy atom. The summed E-state index contributed by atoms with van der Waals surface area (Å²) in [5, 5.41) is 3.31. The molecule has 1 aliphatic rings. The van der Waals surface area contributed by atoms with Gasteiger partial charge in [-0.05, 0) is 62.6 Å². The minimum absolute atomic E-state index is 0.0476. The zero-order valence-corrected chi connectivity index (χ0v) is 20.6. The van der Waals surface area contributed by atoms with Gasteiger partial charge in [0, 0.05) is 23.5 Å². The third-order valence-corrected chi connectivity index (χ3v) is 8.06. The largest absolute Gasteiger partial charge is 0.492 e. The molecular formula is C22H26BrClN2O4S. The van der Waals surface area contributed by atoms with Gasteiger partial charge in [0.25, 0.3) is 0 Å². The number of nitrogens with one attached hydrogen (secondary N) is 1. The number of piperidine rings is 1. The molecule has 1 fully saturated rings. The third kappa shape index (κ3) is 5.80. The van der Waals surface area contributed by atoms with Crippen molar-refractivity contribution in [2.24, 2.45) is 5.92 Å². The number of ether oxygens (including phenoxy) is 1. The van der Waals surface area contributed by atoms with E-state index < -0.39 is 10.0 Å². The predicted molar refractivity (Wildman–Crippen MR) is 125 cm³/mol. The highest BCUT2D eigenvalue weighted by Gasteiger charge is 2.32. The van der Waals surface area contributed by atoms with Gasteiger partial charge in [-0.25, -0.2) is 8.42 Å². The van der Waals surface area contributed by atoms with Crippen LogP contribution in [0.2, 0.25) is 5.02 Å². The molecule has 3 rings (SSSR count). The summed E-state index contributed by atoms with van der Waals surface area (Å²) < 4.78 is 33.8. The van der Waals surface area contributed by atoms with E-state index in [1.54, 1.807) is 6.07 Å². The monoisotopic (exact) mass is 528 g/mol. The van der Waals surface area contributed by atoms with Crippen molar-refractivity contribution < 1.29 is 17.9 Å². The lowest BCUT2D eigenvalue weighted by molar-refractivity contribution is -0.126. The number of hydrogen-bond donors (Lipinski definition) is 1. The molecule has 2 aromatic carbocycles. The van der Waals surface area contributed by atoms with Gasteiger partial charge in [-0.2, -0.15) is 4.31 Å². The van der Waals surface area contributed by atoms with Gasteiger partial charge in [0.2, 0.25) is 15.9 Å². The zero-order valence-electron chi connectivity index (χ0n) is 17.5. The topological polar surface area (TPSA) is 75.7 Å². The maximum absolute atomic E-state index is 13.0. The van der Waals surface area contributed by atoms with Crippen LogP contribution in [-0.2, 0) is 14.8 Å². The van der Waals surface area contributed by atoms with Crippen molar-refractivity contribution in [3.8, 4) is 5.75 Å². The number of hydrogen-bond acceptors (Lipinski definition) is 4. The summed E-state index contributed by atoms with van der Waals surface area (Å²) in [7, 11) is -3.68. The summed E-state index contributed by atoms with van der Waals surface area (Å²) >= 11 is 9.61. The summed E-state index contributed by atoms with van der Waals surface area (Å²) in [5.41, 5.74) is 1.01. The number of rotatable bonds is 7. The first-order chi connectivity index (χ1) is 14.7. The van der Waals surface area contributed by atoms with Crippen LogP contribution in [-0.4, -0.2) is 38.3 Å². The highest BCUT2D eigenvalue weighted by molar-refractivity contribution is 9.10. The number of sulfonamides is 1. The number of carbonyl (C=O) groups excluding carboxylic acids is 1. The van der Waals surface area contributed by atoms with Crippen molar-refractivity contribution in [1.29, 1.82) is 0 Å². The average Bonchev–Trinajstić information content (AvgIpc) is 2.75. The predicted octanol–water partition coefficient (Wildman–Crippen LogP) is 4.78. The van der Waals surface area contributed by atoms with Crippen LogP contribution in [0.15, 0.2) is 51.8 Å². The van der Waals surface area contributed by atoms with Gasteiger partial charge in [-0.15, -0.1) is 0 Å². The van der Waals surface area contributed by atoms with Crippen molar-refractivity contribution >= 4 is 43.5 Å². The van der Waals surface area contributed by atoms with Crippen LogP contribution in [0.4, 0.5) is 0 Å². The molecule has 1 saturated heterocycles. The van der Waals surface area contributed by atoms with E-state index in [4.69, 9.17) is 16.3 Å². The molecule has 0 unspecified atom stereocenters. The van der Waals surface area contributed by atoms with E-state index in [0.717, 1.165) is 10.0 Å². The molecule has 9 heteroatoms. The Labute approximate surface area is 197 Å². The highest BCUT2D eigenvalue weighted by Crippen LogP contribution is 2.30. The van der Waals surface area contributed by atoms with Crippen LogP contribution < -0.4 is 10.1 Å². The minimum Gasteiger partial charge on any atom is -0.492 e. The van der Waals surface area contributed by atoms with Gasteiger partial charge < -0.3 is 10.1 Å². The van der Waals surface area contributed by atoms with Crippen molar-refractivity contribution in [3.05, 3.63) is 57.5 Å². The minimum atomic E-state index is -3.68. The van der Waals surface area contributed by atoms with Gasteiger partial charge in [-0.3, -0.25) is 4.79 Å². The Kier molecular flexibility index (Phi) is 8.02. The SMILES string of the molecule is CCOc1ccc(S(=O)(=O)N2CCC(C(=O)N[C@@H](C)c3cccc(Br)c3)CC2)cc1Cl. The normalized spacial score (nSPS) is 16.6. The average molecular weight is 530 g/mol. The van der Waals surface area contributed by atoms with Crippen molar-refractivity contribution in [2.45, 2.75) is 37.6 Å². The summed E-state index contributed by atoms with van der Waals surface area (Å²) in [4.78, 5) is 12.8. The van der Waals surface area contributed by atoms with Crippen LogP contribution >= 0.6 is 27.5 Å². The molecule has 0 aromatic heterocycles. The molecule has 1 atom stereocenters. The Morgan fingerprint density at radius 1 is 1.26 bits per heavy atom. The molecule has 0 saturated carbocycles. The Bertz CT molecular complexity index is 1040. The molecule has 0 radical (unpaired) electrons. The van der Waals surface area contributed by atoms with E-state index in [1.807, 2.05) is 38.1 Å². The number of carbonyl (C=O) groups is 1. The lowest BCUT2D eigenvalue weighted by Gasteiger charge is -2.31. The van der Waals surface area contributed by atoms with Crippen LogP contribution in [0, 0.1) is 5.92 Å². The first kappa shape index (κ1) is 24.0. The Balaban J connectivity index is 1.60. The fraction of sp³-hybridized carbons (Fsp3) is 0.409. The summed E-state index contributed by atoms with van der Waals surface area (Å²) in [6.07, 6.45) is 0.946. The molecule has 1 N–H and O–H groups in total. The van der Waals surface area contributed by atoms with Gasteiger partial charge in [-0.1, -0.05) is 39.7 Å². The van der Waals surface area contributed by atoms with E-state index in [0.29, 0.717) is 25.2 Å². The quantitative estimate of drug-likeness (QED) is 0.560. The number of halogens is 2. The lowest BCUT2D eigenvalue weighted by atomic mass is 9.96. The van der Waals surface area contributed by atoms with Crippen LogP contribution in [0.5, 0.6) is 5.75 Å². The van der Waals surface area contributed by atoms with Gasteiger partial charge in [0.15, 0.2) is 0 Å². The van der Waals surface area contributed by atoms with E-state index in [2.05, 4.69) is 21.2 Å². The second kappa shape index (κ2) is 10.3. The molecule has 31 heavy (non-hydrogen) atoms. The first-order valence-electron chi connectivity index (χ1n) is 10.2. The van der Waals surface area contributed by atoms with Gasteiger partial charge in [0.05, 0.1) is 22.6 Å². The summed E-state index contributed by atoms with van der Waals surface area (Å²) in [5.74, 6) is 0.191. The molecule has 1 heterocycles. The van der Waals surface area contributed by atoms with Crippen LogP contribution in [0.3, 0.4) is 0 Å². The van der Waals surface area contributed by atoms with Gasteiger partial charge >= 0.3 is 0 Å². The fourth-order valence-electron chi connectivity index (χ4n) is 3.61. The number of amides is 1. The standard InChI is InChI=1S/C22H26BrClN2O4S/c1-3-30-21-8-7-19(14-20(21)24)31(28,29)26-11-9-16(10-12-26)22(27)25-15(2)17-5-4-6-18(23)13-17/h4-8,13-16H,3,9-12H2,1-2H3,(H,25,27)/t15-/m0/s1. The molecule has 168 valence electrons. The number of nitrogens with zero attached hydrogens (tertiary/aromatic N) is 1. The Morgan fingerprint density at radius 3 is 2.58 bits per heavy atom. The summed E-state index contributed by atoms with van der Waals surface area (Å²) in [6.45, 7) is 4.80. The number of benzene rings is 2. The van der Waals surface area contributed by atoms with Crippen LogP contribution in [0.1, 0.15) is 38.3 Å². The molecule has 0 aliphatic carbocycles. The van der Waals surface area contributed by atoms with E-state index >= 15 is 0 Å². The van der Waals surface area contributed by atoms with E-state index in [-0.39, 0.29) is 40.9 Å².